The summed E-state index contributed by atoms with van der Waals surface area (Å²) in [6, 6.07) is 14.1. The van der Waals surface area contributed by atoms with Gasteiger partial charge in [0.25, 0.3) is 0 Å². The van der Waals surface area contributed by atoms with Crippen molar-refractivity contribution in [1.82, 2.24) is 0 Å². The van der Waals surface area contributed by atoms with Gasteiger partial charge in [-0.15, -0.1) is 0 Å². The monoisotopic (exact) mass is 274 g/mol. The zero-order chi connectivity index (χ0) is 13.2. The maximum absolute atomic E-state index is 10.8. The number of oxime groups is 1. The highest BCUT2D eigenvalue weighted by molar-refractivity contribution is 7.38. The summed E-state index contributed by atoms with van der Waals surface area (Å²) in [6.45, 7) is 0. The van der Waals surface area contributed by atoms with Crippen molar-refractivity contribution >= 4 is 24.5 Å². The molecule has 96 valence electrons. The zero-order valence-electron chi connectivity index (χ0n) is 10.2. The van der Waals surface area contributed by atoms with Crippen molar-refractivity contribution in [2.75, 3.05) is 6.16 Å². The summed E-state index contributed by atoms with van der Waals surface area (Å²) < 4.78 is 10.8. The number of benzene rings is 2. The van der Waals surface area contributed by atoms with E-state index in [9.17, 15) is 4.57 Å². The van der Waals surface area contributed by atoms with Crippen LogP contribution in [0.5, 0.6) is 0 Å². The van der Waals surface area contributed by atoms with Crippen LogP contribution in [-0.2, 0) is 9.40 Å². The van der Waals surface area contributed by atoms with Crippen LogP contribution >= 0.6 is 8.03 Å². The van der Waals surface area contributed by atoms with Crippen molar-refractivity contribution in [2.24, 2.45) is 5.16 Å². The van der Waals surface area contributed by atoms with Crippen LogP contribution in [-0.4, -0.2) is 22.9 Å². The second-order valence-corrected chi connectivity index (χ2v) is 5.60. The van der Waals surface area contributed by atoms with Gasteiger partial charge in [0.15, 0.2) is 6.10 Å². The van der Waals surface area contributed by atoms with E-state index in [1.165, 1.54) is 0 Å². The van der Waals surface area contributed by atoms with E-state index < -0.39 is 8.03 Å². The van der Waals surface area contributed by atoms with Crippen molar-refractivity contribution in [2.45, 2.75) is 12.5 Å². The third kappa shape index (κ3) is 2.50. The third-order valence-electron chi connectivity index (χ3n) is 3.19. The fourth-order valence-corrected chi connectivity index (χ4v) is 2.88. The minimum absolute atomic E-state index is 0.132. The van der Waals surface area contributed by atoms with Crippen molar-refractivity contribution in [3.63, 3.8) is 0 Å². The molecule has 4 nitrogen and oxygen atoms in total. The molecule has 1 aliphatic heterocycles. The van der Waals surface area contributed by atoms with Gasteiger partial charge in [-0.05, 0) is 15.3 Å². The number of fused-ring (bicyclic) bond motifs is 1. The number of rotatable bonds is 3. The molecule has 1 N–H and O–H groups in total. The first-order valence-corrected chi connectivity index (χ1v) is 7.48. The van der Waals surface area contributed by atoms with Gasteiger partial charge in [0.2, 0.25) is 6.16 Å². The molecule has 0 fully saturated rings. The summed E-state index contributed by atoms with van der Waals surface area (Å²) in [6.07, 6.45) is 0.422. The van der Waals surface area contributed by atoms with Crippen LogP contribution in [0, 0.1) is 0 Å². The molecule has 0 radical (unpaired) electrons. The van der Waals surface area contributed by atoms with Gasteiger partial charge in [0.1, 0.15) is 0 Å². The van der Waals surface area contributed by atoms with Crippen LogP contribution in [0.1, 0.15) is 12.0 Å². The molecule has 0 aromatic heterocycles. The Kier molecular flexibility index (Phi) is 3.28. The first kappa shape index (κ1) is 12.3. The van der Waals surface area contributed by atoms with Crippen LogP contribution < -0.4 is 0 Å². The standard InChI is InChI=1S/C14H12NO3P/c16-19(17)9-11-8-14(15-18-11)13-7-3-5-10-4-1-2-6-12(10)13/h1-7,11H,8-9H2/p+1. The Hall–Kier alpha value is -1.77. The van der Waals surface area contributed by atoms with E-state index in [-0.39, 0.29) is 12.3 Å². The lowest BCUT2D eigenvalue weighted by Gasteiger charge is -2.04. The first-order valence-electron chi connectivity index (χ1n) is 6.08. The van der Waals surface area contributed by atoms with Crippen molar-refractivity contribution < 1.29 is 14.3 Å². The van der Waals surface area contributed by atoms with Crippen molar-refractivity contribution in [3.8, 4) is 0 Å². The molecular formula is C14H13NO3P+. The summed E-state index contributed by atoms with van der Waals surface area (Å²) in [7, 11) is -2.18. The van der Waals surface area contributed by atoms with Crippen LogP contribution in [0.3, 0.4) is 0 Å². The molecule has 2 atom stereocenters. The fourth-order valence-electron chi connectivity index (χ4n) is 2.34. The van der Waals surface area contributed by atoms with Gasteiger partial charge >= 0.3 is 8.03 Å². The zero-order valence-corrected chi connectivity index (χ0v) is 11.1. The molecule has 0 bridgehead atoms. The topological polar surface area (TPSA) is 58.9 Å². The minimum atomic E-state index is -2.18. The Labute approximate surface area is 111 Å². The fraction of sp³-hybridized carbons (Fsp3) is 0.214. The van der Waals surface area contributed by atoms with Crippen molar-refractivity contribution in [1.29, 1.82) is 0 Å². The van der Waals surface area contributed by atoms with Crippen molar-refractivity contribution in [3.05, 3.63) is 48.0 Å². The Morgan fingerprint density at radius 2 is 2.05 bits per heavy atom. The molecule has 2 unspecified atom stereocenters. The number of nitrogens with zero attached hydrogens (tertiary/aromatic N) is 1. The van der Waals surface area contributed by atoms with E-state index in [0.717, 1.165) is 22.0 Å². The van der Waals surface area contributed by atoms with Gasteiger partial charge in [0.05, 0.1) is 5.71 Å². The van der Waals surface area contributed by atoms with Gasteiger partial charge in [-0.1, -0.05) is 47.6 Å². The quantitative estimate of drug-likeness (QED) is 0.875. The Bertz CT molecular complexity index is 663. The molecule has 0 spiro atoms. The van der Waals surface area contributed by atoms with Gasteiger partial charge < -0.3 is 4.84 Å². The molecule has 0 amide bonds. The van der Waals surface area contributed by atoms with Gasteiger partial charge in [0, 0.05) is 12.0 Å². The number of hydrogen-bond donors (Lipinski definition) is 1. The lowest BCUT2D eigenvalue weighted by Crippen LogP contribution is -2.11. The largest absolute Gasteiger partial charge is 0.509 e. The van der Waals surface area contributed by atoms with Gasteiger partial charge in [-0.25, -0.2) is 0 Å². The SMILES string of the molecule is O=[P+](O)CC1CC(c2cccc3ccccc23)=NO1. The molecule has 5 heteroatoms. The van der Waals surface area contributed by atoms with E-state index in [2.05, 4.69) is 17.3 Å². The van der Waals surface area contributed by atoms with Crippen LogP contribution in [0.4, 0.5) is 0 Å². The molecule has 19 heavy (non-hydrogen) atoms. The maximum atomic E-state index is 10.8. The summed E-state index contributed by atoms with van der Waals surface area (Å²) in [5.41, 5.74) is 1.88. The average Bonchev–Trinajstić information content (AvgIpc) is 2.85. The summed E-state index contributed by atoms with van der Waals surface area (Å²) >= 11 is 0. The molecular weight excluding hydrogens is 261 g/mol. The highest BCUT2D eigenvalue weighted by Gasteiger charge is 2.30. The van der Waals surface area contributed by atoms with Crippen LogP contribution in [0.25, 0.3) is 10.8 Å². The predicted molar refractivity (Wildman–Crippen MR) is 74.7 cm³/mol. The van der Waals surface area contributed by atoms with E-state index >= 15 is 0 Å². The molecule has 1 aliphatic rings. The third-order valence-corrected chi connectivity index (χ3v) is 3.91. The highest BCUT2D eigenvalue weighted by atomic mass is 31.1. The smallest absolute Gasteiger partial charge is 0.387 e. The average molecular weight is 274 g/mol. The lowest BCUT2D eigenvalue weighted by molar-refractivity contribution is 0.101. The Morgan fingerprint density at radius 1 is 1.26 bits per heavy atom. The first-order chi connectivity index (χ1) is 9.24. The van der Waals surface area contributed by atoms with Crippen LogP contribution in [0.2, 0.25) is 0 Å². The second-order valence-electron chi connectivity index (χ2n) is 4.53. The van der Waals surface area contributed by atoms with E-state index in [1.54, 1.807) is 0 Å². The summed E-state index contributed by atoms with van der Waals surface area (Å²) in [5.74, 6) is 0. The van der Waals surface area contributed by atoms with Crippen LogP contribution in [0.15, 0.2) is 47.6 Å². The molecule has 2 aromatic carbocycles. The van der Waals surface area contributed by atoms with E-state index in [1.807, 2.05) is 30.3 Å². The minimum Gasteiger partial charge on any atom is -0.387 e. The summed E-state index contributed by atoms with van der Waals surface area (Å²) in [4.78, 5) is 14.1. The summed E-state index contributed by atoms with van der Waals surface area (Å²) in [5, 5.41) is 6.35. The molecule has 2 aromatic rings. The normalized spacial score (nSPS) is 19.1. The maximum Gasteiger partial charge on any atom is 0.509 e. The molecule has 1 heterocycles. The van der Waals surface area contributed by atoms with E-state index in [4.69, 9.17) is 9.73 Å². The molecule has 3 rings (SSSR count). The molecule has 0 aliphatic carbocycles. The van der Waals surface area contributed by atoms with Gasteiger partial charge in [-0.3, -0.25) is 0 Å². The lowest BCUT2D eigenvalue weighted by atomic mass is 9.98. The van der Waals surface area contributed by atoms with E-state index in [0.29, 0.717) is 6.42 Å². The van der Waals surface area contributed by atoms with Gasteiger partial charge in [-0.2, -0.15) is 4.89 Å². The predicted octanol–water partition coefficient (Wildman–Crippen LogP) is 3.07. The Balaban J connectivity index is 1.92. The molecule has 0 saturated heterocycles. The molecule has 0 saturated carbocycles. The second kappa shape index (κ2) is 5.08. The Morgan fingerprint density at radius 3 is 2.89 bits per heavy atom. The number of hydrogen-bond acceptors (Lipinski definition) is 3. The highest BCUT2D eigenvalue weighted by Crippen LogP contribution is 2.27.